The Hall–Kier alpha value is -3.09. The molecular weight excluding hydrogens is 256 g/mol. The van der Waals surface area contributed by atoms with E-state index in [9.17, 15) is 4.79 Å². The van der Waals surface area contributed by atoms with Gasteiger partial charge in [-0.25, -0.2) is 4.68 Å². The van der Waals surface area contributed by atoms with Gasteiger partial charge in [-0.2, -0.15) is 10.2 Å². The van der Waals surface area contributed by atoms with Gasteiger partial charge in [0, 0.05) is 18.0 Å². The quantitative estimate of drug-likeness (QED) is 0.625. The van der Waals surface area contributed by atoms with Crippen LogP contribution in [0.15, 0.2) is 48.8 Å². The lowest BCUT2D eigenvalue weighted by atomic mass is 10.3. The number of amides is 1. The van der Waals surface area contributed by atoms with Gasteiger partial charge in [0.15, 0.2) is 5.69 Å². The zero-order chi connectivity index (χ0) is 13.9. The van der Waals surface area contributed by atoms with Crippen LogP contribution in [0, 0.1) is 0 Å². The van der Waals surface area contributed by atoms with Gasteiger partial charge >= 0.3 is 0 Å². The van der Waals surface area contributed by atoms with Crippen LogP contribution in [0.4, 0.5) is 11.5 Å². The number of nitrogens with zero attached hydrogens (tertiary/aromatic N) is 3. The smallest absolute Gasteiger partial charge is 0.277 e. The van der Waals surface area contributed by atoms with Crippen molar-refractivity contribution in [2.24, 2.45) is 0 Å². The Balaban J connectivity index is 1.81. The number of nitrogen functional groups attached to an aromatic ring is 1. The average molecular weight is 268 g/mol. The van der Waals surface area contributed by atoms with E-state index in [1.165, 1.54) is 0 Å². The molecule has 7 heteroatoms. The number of carbonyl (C=O) groups excluding carboxylic acids is 1. The number of aromatic amines is 1. The molecule has 0 unspecified atom stereocenters. The van der Waals surface area contributed by atoms with Gasteiger partial charge < -0.3 is 11.1 Å². The molecule has 3 rings (SSSR count). The molecular formula is C13H12N6O. The second-order valence-electron chi connectivity index (χ2n) is 4.16. The molecule has 0 saturated heterocycles. The van der Waals surface area contributed by atoms with E-state index in [1.54, 1.807) is 41.3 Å². The van der Waals surface area contributed by atoms with E-state index in [0.29, 0.717) is 17.2 Å². The molecule has 0 aliphatic carbocycles. The number of nitrogens with two attached hydrogens (primary N) is 1. The maximum absolute atomic E-state index is 12.0. The van der Waals surface area contributed by atoms with Crippen molar-refractivity contribution in [1.82, 2.24) is 20.0 Å². The number of carbonyl (C=O) groups is 1. The first-order chi connectivity index (χ1) is 9.72. The maximum Gasteiger partial charge on any atom is 0.277 e. The average Bonchev–Trinajstić information content (AvgIpc) is 3.09. The maximum atomic E-state index is 12.0. The van der Waals surface area contributed by atoms with E-state index in [4.69, 9.17) is 5.73 Å². The summed E-state index contributed by atoms with van der Waals surface area (Å²) in [4.78, 5) is 12.0. The molecule has 0 radical (unpaired) electrons. The standard InChI is InChI=1S/C13H12N6O/c14-9-2-1-3-10(8-9)19-7-5-11(18-19)13(20)16-12-4-6-15-17-12/h1-8H,14H2,(H2,15,16,17,20). The third kappa shape index (κ3) is 2.37. The van der Waals surface area contributed by atoms with Crippen LogP contribution in [-0.2, 0) is 0 Å². The molecule has 0 spiro atoms. The van der Waals surface area contributed by atoms with Gasteiger partial charge in [-0.05, 0) is 24.3 Å². The third-order valence-electron chi connectivity index (χ3n) is 2.71. The minimum absolute atomic E-state index is 0.307. The van der Waals surface area contributed by atoms with Crippen molar-refractivity contribution in [1.29, 1.82) is 0 Å². The predicted molar refractivity (Wildman–Crippen MR) is 74.5 cm³/mol. The Labute approximate surface area is 114 Å². The van der Waals surface area contributed by atoms with Gasteiger partial charge in [-0.3, -0.25) is 9.89 Å². The van der Waals surface area contributed by atoms with Gasteiger partial charge in [-0.1, -0.05) is 6.07 Å². The molecule has 2 heterocycles. The van der Waals surface area contributed by atoms with Gasteiger partial charge in [0.05, 0.1) is 11.9 Å². The van der Waals surface area contributed by atoms with E-state index < -0.39 is 0 Å². The molecule has 0 bridgehead atoms. The molecule has 1 aromatic carbocycles. The fourth-order valence-corrected chi connectivity index (χ4v) is 1.77. The topological polar surface area (TPSA) is 102 Å². The summed E-state index contributed by atoms with van der Waals surface area (Å²) in [5.41, 5.74) is 7.47. The number of nitrogens with one attached hydrogen (secondary N) is 2. The van der Waals surface area contributed by atoms with Crippen molar-refractivity contribution in [3.8, 4) is 5.69 Å². The van der Waals surface area contributed by atoms with Crippen molar-refractivity contribution in [2.75, 3.05) is 11.1 Å². The Bertz CT molecular complexity index is 731. The fourth-order valence-electron chi connectivity index (χ4n) is 1.77. The number of hydrogen-bond donors (Lipinski definition) is 3. The number of rotatable bonds is 3. The lowest BCUT2D eigenvalue weighted by Crippen LogP contribution is -2.13. The molecule has 0 atom stereocenters. The second-order valence-corrected chi connectivity index (χ2v) is 4.16. The number of hydrogen-bond acceptors (Lipinski definition) is 4. The van der Waals surface area contributed by atoms with Crippen LogP contribution in [0.1, 0.15) is 10.5 Å². The summed E-state index contributed by atoms with van der Waals surface area (Å²) in [5, 5.41) is 13.3. The van der Waals surface area contributed by atoms with Crippen LogP contribution in [0.25, 0.3) is 5.69 Å². The van der Waals surface area contributed by atoms with E-state index in [0.717, 1.165) is 5.69 Å². The number of H-pyrrole nitrogens is 1. The minimum Gasteiger partial charge on any atom is -0.399 e. The largest absolute Gasteiger partial charge is 0.399 e. The summed E-state index contributed by atoms with van der Waals surface area (Å²) < 4.78 is 1.60. The fraction of sp³-hybridized carbons (Fsp3) is 0. The Morgan fingerprint density at radius 1 is 1.30 bits per heavy atom. The highest BCUT2D eigenvalue weighted by Gasteiger charge is 2.11. The van der Waals surface area contributed by atoms with Crippen molar-refractivity contribution < 1.29 is 4.79 Å². The molecule has 0 aliphatic heterocycles. The molecule has 100 valence electrons. The summed E-state index contributed by atoms with van der Waals surface area (Å²) in [7, 11) is 0. The normalized spacial score (nSPS) is 10.4. The highest BCUT2D eigenvalue weighted by Crippen LogP contribution is 2.12. The van der Waals surface area contributed by atoms with Crippen molar-refractivity contribution in [3.63, 3.8) is 0 Å². The molecule has 0 aliphatic rings. The second kappa shape index (κ2) is 4.88. The van der Waals surface area contributed by atoms with E-state index in [1.807, 2.05) is 12.1 Å². The molecule has 1 amide bonds. The van der Waals surface area contributed by atoms with Gasteiger partial charge in [0.25, 0.3) is 5.91 Å². The lowest BCUT2D eigenvalue weighted by Gasteiger charge is -2.02. The molecule has 0 saturated carbocycles. The van der Waals surface area contributed by atoms with E-state index >= 15 is 0 Å². The van der Waals surface area contributed by atoms with E-state index in [-0.39, 0.29) is 5.91 Å². The van der Waals surface area contributed by atoms with Crippen LogP contribution in [0.3, 0.4) is 0 Å². The molecule has 4 N–H and O–H groups in total. The summed E-state index contributed by atoms with van der Waals surface area (Å²) in [6.45, 7) is 0. The lowest BCUT2D eigenvalue weighted by molar-refractivity contribution is 0.102. The first-order valence-corrected chi connectivity index (χ1v) is 5.95. The number of anilines is 2. The first kappa shape index (κ1) is 12.0. The van der Waals surface area contributed by atoms with Crippen LogP contribution < -0.4 is 11.1 Å². The number of benzene rings is 1. The summed E-state index contributed by atoms with van der Waals surface area (Å²) in [5.74, 6) is 0.213. The molecule has 0 fully saturated rings. The van der Waals surface area contributed by atoms with E-state index in [2.05, 4.69) is 20.6 Å². The first-order valence-electron chi connectivity index (χ1n) is 5.95. The van der Waals surface area contributed by atoms with Crippen LogP contribution in [0.5, 0.6) is 0 Å². The van der Waals surface area contributed by atoms with Gasteiger partial charge in [-0.15, -0.1) is 0 Å². The van der Waals surface area contributed by atoms with Crippen molar-refractivity contribution in [2.45, 2.75) is 0 Å². The monoisotopic (exact) mass is 268 g/mol. The zero-order valence-corrected chi connectivity index (χ0v) is 10.4. The number of aromatic nitrogens is 4. The molecule has 2 aromatic heterocycles. The highest BCUT2D eigenvalue weighted by atomic mass is 16.2. The zero-order valence-electron chi connectivity index (χ0n) is 10.4. The third-order valence-corrected chi connectivity index (χ3v) is 2.71. The Morgan fingerprint density at radius 2 is 2.20 bits per heavy atom. The minimum atomic E-state index is -0.308. The Kier molecular flexibility index (Phi) is 2.92. The van der Waals surface area contributed by atoms with Crippen molar-refractivity contribution in [3.05, 3.63) is 54.5 Å². The molecule has 20 heavy (non-hydrogen) atoms. The van der Waals surface area contributed by atoms with Crippen LogP contribution >= 0.6 is 0 Å². The van der Waals surface area contributed by atoms with Gasteiger partial charge in [0.1, 0.15) is 5.82 Å². The summed E-state index contributed by atoms with van der Waals surface area (Å²) >= 11 is 0. The SMILES string of the molecule is Nc1cccc(-n2ccc(C(=O)Nc3ccn[nH]3)n2)c1. The van der Waals surface area contributed by atoms with Crippen LogP contribution in [0.2, 0.25) is 0 Å². The summed E-state index contributed by atoms with van der Waals surface area (Å²) in [6.07, 6.45) is 3.26. The van der Waals surface area contributed by atoms with Crippen molar-refractivity contribution >= 4 is 17.4 Å². The molecule has 7 nitrogen and oxygen atoms in total. The van der Waals surface area contributed by atoms with Gasteiger partial charge in [0.2, 0.25) is 0 Å². The Morgan fingerprint density at radius 3 is 2.95 bits per heavy atom. The predicted octanol–water partition coefficient (Wildman–Crippen LogP) is 1.43. The summed E-state index contributed by atoms with van der Waals surface area (Å²) in [6, 6.07) is 10.6. The molecule has 3 aromatic rings. The van der Waals surface area contributed by atoms with Crippen LogP contribution in [-0.4, -0.2) is 25.9 Å². The highest BCUT2D eigenvalue weighted by molar-refractivity contribution is 6.02.